The second-order valence-electron chi connectivity index (χ2n) is 27.4. The van der Waals surface area contributed by atoms with Gasteiger partial charge in [0.1, 0.15) is 23.0 Å². The molecule has 8 aromatic carbocycles. The van der Waals surface area contributed by atoms with E-state index in [-0.39, 0.29) is 11.5 Å². The first kappa shape index (κ1) is 79.3. The lowest BCUT2D eigenvalue weighted by atomic mass is 9.94. The smallest absolute Gasteiger partial charge is 0.264 e. The van der Waals surface area contributed by atoms with Gasteiger partial charge < -0.3 is 24.6 Å². The molecule has 0 fully saturated rings. The highest BCUT2D eigenvalue weighted by Crippen LogP contribution is 2.44. The largest absolute Gasteiger partial charge is 0.507 e. The van der Waals surface area contributed by atoms with Crippen molar-refractivity contribution in [3.05, 3.63) is 144 Å². The Morgan fingerprint density at radius 3 is 0.823 bits per heavy atom. The summed E-state index contributed by atoms with van der Waals surface area (Å²) in [5, 5.41) is 31.8. The molecule has 8 rings (SSSR count). The Morgan fingerprint density at radius 1 is 0.323 bits per heavy atom. The Bertz CT molecular complexity index is 3540. The maximum absolute atomic E-state index is 11.0. The van der Waals surface area contributed by atoms with Crippen LogP contribution < -0.4 is 9.47 Å². The van der Waals surface area contributed by atoms with Crippen molar-refractivity contribution in [1.82, 2.24) is 4.90 Å². The summed E-state index contributed by atoms with van der Waals surface area (Å²) in [7, 11) is 3.82. The zero-order valence-electron chi connectivity index (χ0n) is 60.3. The van der Waals surface area contributed by atoms with Crippen molar-refractivity contribution in [2.75, 3.05) is 14.1 Å². The summed E-state index contributed by atoms with van der Waals surface area (Å²) in [4.78, 5) is 1.83. The van der Waals surface area contributed by atoms with E-state index in [4.69, 9.17) is 45.5 Å². The van der Waals surface area contributed by atoms with Crippen LogP contribution in [-0.2, 0) is 25.7 Å². The molecule has 0 unspecified atom stereocenters. The number of unbranched alkanes of at least 4 members (excludes halogenated alkanes) is 28. The molecule has 0 saturated carbocycles. The maximum Gasteiger partial charge on any atom is 0.264 e. The molecule has 0 aromatic heterocycles. The summed E-state index contributed by atoms with van der Waals surface area (Å²) in [6, 6.07) is 43.4. The normalized spacial score (nSPS) is 11.2. The Hall–Kier alpha value is -5.64. The summed E-state index contributed by atoms with van der Waals surface area (Å²) in [6.45, 7) is 12.6. The molecule has 9 heteroatoms. The summed E-state index contributed by atoms with van der Waals surface area (Å²) < 4.78 is 13.1. The molecule has 0 spiro atoms. The fourth-order valence-electron chi connectivity index (χ4n) is 13.2. The van der Waals surface area contributed by atoms with E-state index in [0.29, 0.717) is 31.4 Å². The average molecular weight is 1370 g/mol. The van der Waals surface area contributed by atoms with E-state index in [1.807, 2.05) is 50.2 Å². The molecule has 0 amide bonds. The molecule has 0 radical (unpaired) electrons. The van der Waals surface area contributed by atoms with Crippen molar-refractivity contribution in [2.24, 2.45) is 0 Å². The third kappa shape index (κ3) is 28.3. The zero-order valence-corrected chi connectivity index (χ0v) is 63.5. The van der Waals surface area contributed by atoms with Gasteiger partial charge in [0.15, 0.2) is 5.05 Å². The number of ether oxygens (including phenoxy) is 2. The molecule has 0 heterocycles. The fraction of sp³-hybridized carbons (Fsp3) is 0.506. The number of aryl methyl sites for hydroxylation is 4. The minimum Gasteiger partial charge on any atom is -0.507 e. The second-order valence-corrected chi connectivity index (χ2v) is 29.7. The number of fused-ring (bicyclic) bond motifs is 4. The van der Waals surface area contributed by atoms with Crippen LogP contribution in [0.2, 0.25) is 0 Å². The molecule has 2 N–H and O–H groups in total. The van der Waals surface area contributed by atoms with Gasteiger partial charge in [-0.25, -0.2) is 0 Å². The summed E-state index contributed by atoms with van der Waals surface area (Å²) in [5.41, 5.74) is 8.74. The van der Waals surface area contributed by atoms with Crippen LogP contribution in [0.4, 0.5) is 0 Å². The van der Waals surface area contributed by atoms with E-state index in [2.05, 4.69) is 137 Å². The van der Waals surface area contributed by atoms with Gasteiger partial charge in [-0.15, -0.1) is 0 Å². The molecular weight excluding hydrogens is 1250 g/mol. The van der Waals surface area contributed by atoms with Crippen molar-refractivity contribution < 1.29 is 19.7 Å². The van der Waals surface area contributed by atoms with Crippen LogP contribution in [0.5, 0.6) is 23.0 Å². The Labute approximate surface area is 601 Å². The SMILES string of the molecule is CC(=S)Cl.CCCCCCCCCCc1ccc2cc(O)c(-c3cc4cc(CCCCCCCCCC)ccc4cc3O)cc2c1.CCCCCCCCCCc1ccc2cc(OC(C)=S)c(-c3cc4cc(CCCCCCCCCC)ccc4cc3OC(=S)N(C)C)cc2c1. The molecule has 0 aliphatic rings. The first-order valence-corrected chi connectivity index (χ1v) is 39.1. The Morgan fingerprint density at radius 2 is 0.562 bits per heavy atom. The number of phenolic OH excluding ortho intramolecular Hbond substituents is 2. The average Bonchev–Trinajstić information content (AvgIpc) is 0.775. The minimum absolute atomic E-state index is 0.211. The van der Waals surface area contributed by atoms with Crippen LogP contribution in [0.15, 0.2) is 121 Å². The number of phenols is 2. The molecule has 0 aliphatic heterocycles. The van der Waals surface area contributed by atoms with Gasteiger partial charge in [-0.3, -0.25) is 0 Å². The van der Waals surface area contributed by atoms with E-state index >= 15 is 0 Å². The van der Waals surface area contributed by atoms with Crippen LogP contribution in [0.25, 0.3) is 65.3 Å². The van der Waals surface area contributed by atoms with E-state index in [9.17, 15) is 10.2 Å². The van der Waals surface area contributed by atoms with Crippen molar-refractivity contribution in [3.8, 4) is 45.3 Å². The summed E-state index contributed by atoms with van der Waals surface area (Å²) in [6.07, 6.45) is 46.9. The van der Waals surface area contributed by atoms with Gasteiger partial charge in [-0.2, -0.15) is 0 Å². The maximum atomic E-state index is 11.0. The van der Waals surface area contributed by atoms with E-state index < -0.39 is 0 Å². The zero-order chi connectivity index (χ0) is 68.9. The molecule has 0 atom stereocenters. The van der Waals surface area contributed by atoms with Crippen LogP contribution in [0.1, 0.15) is 269 Å². The monoisotopic (exact) mass is 1370 g/mol. The van der Waals surface area contributed by atoms with E-state index in [1.54, 1.807) is 6.92 Å². The summed E-state index contributed by atoms with van der Waals surface area (Å²) >= 11 is 20.4. The molecule has 0 saturated heterocycles. The number of benzene rings is 8. The van der Waals surface area contributed by atoms with Gasteiger partial charge in [0.05, 0.1) is 4.32 Å². The lowest BCUT2D eigenvalue weighted by Crippen LogP contribution is -2.25. The number of nitrogens with zero attached hydrogens (tertiary/aromatic N) is 1. The minimum atomic E-state index is 0.211. The standard InChI is InChI=1S/C45H61NO2S2.C40H54O2.C2H3ClS/c1-6-8-10-12-14-16-18-20-22-35-24-26-37-32-43(47-34(3)49)41(30-39(37)28-35)42-31-40-29-36(23-21-19-17-15-13-11-9-7-2)25-27-38(40)33-44(42)48-45(50)46(4)5;1-3-5-7-9-11-13-15-17-19-31-21-23-33-29-39(41)37(27-35(33)25-31)38-28-36-26-32(22-24-34(36)30-40(38)42)20-18-16-14-12-10-8-6-4-2;1-2(3)4/h24-33H,6-23H2,1-5H3;21-30,41-42H,3-20H2,1-2H3;1H3. The van der Waals surface area contributed by atoms with Gasteiger partial charge >= 0.3 is 0 Å². The first-order valence-electron chi connectivity index (χ1n) is 37.5. The predicted molar refractivity (Wildman–Crippen MR) is 432 cm³/mol. The highest BCUT2D eigenvalue weighted by Gasteiger charge is 2.19. The van der Waals surface area contributed by atoms with Crippen LogP contribution in [0.3, 0.4) is 0 Å². The molecule has 0 aliphatic carbocycles. The lowest BCUT2D eigenvalue weighted by molar-refractivity contribution is 0.450. The topological polar surface area (TPSA) is 62.2 Å². The van der Waals surface area contributed by atoms with E-state index in [0.717, 1.165) is 74.9 Å². The quantitative estimate of drug-likeness (QED) is 0.0224. The highest BCUT2D eigenvalue weighted by atomic mass is 35.5. The third-order valence-electron chi connectivity index (χ3n) is 18.7. The molecule has 520 valence electrons. The number of rotatable bonds is 40. The van der Waals surface area contributed by atoms with Crippen LogP contribution in [0, 0.1) is 0 Å². The predicted octanol–water partition coefficient (Wildman–Crippen LogP) is 28.0. The number of thiocarbonyl (C=S) groups is 3. The van der Waals surface area contributed by atoms with Crippen LogP contribution >= 0.6 is 48.3 Å². The number of hydrogen-bond donors (Lipinski definition) is 2. The molecule has 0 bridgehead atoms. The first-order chi connectivity index (χ1) is 46.6. The third-order valence-corrected chi connectivity index (χ3v) is 19.2. The van der Waals surface area contributed by atoms with Crippen molar-refractivity contribution in [1.29, 1.82) is 0 Å². The van der Waals surface area contributed by atoms with Crippen molar-refractivity contribution >= 4 is 106 Å². The van der Waals surface area contributed by atoms with Gasteiger partial charge in [0.2, 0.25) is 0 Å². The van der Waals surface area contributed by atoms with Crippen LogP contribution in [-0.4, -0.2) is 43.8 Å². The molecule has 5 nitrogen and oxygen atoms in total. The van der Waals surface area contributed by atoms with Gasteiger partial charge in [-0.1, -0.05) is 304 Å². The number of hydrogen-bond acceptors (Lipinski definition) is 7. The van der Waals surface area contributed by atoms with E-state index in [1.165, 1.54) is 238 Å². The van der Waals surface area contributed by atoms with Gasteiger partial charge in [0.25, 0.3) is 5.17 Å². The van der Waals surface area contributed by atoms with Crippen molar-refractivity contribution in [3.63, 3.8) is 0 Å². The number of aromatic hydroxyl groups is 2. The molecule has 8 aromatic rings. The molecular formula is C87H118ClNO4S3. The molecule has 96 heavy (non-hydrogen) atoms. The fourth-order valence-corrected chi connectivity index (χ4v) is 13.3. The number of halogens is 1. The van der Waals surface area contributed by atoms with Gasteiger partial charge in [0, 0.05) is 43.3 Å². The Balaban J connectivity index is 0.000000291. The Kier molecular flexibility index (Phi) is 37.3. The van der Waals surface area contributed by atoms with Gasteiger partial charge in [-0.05, 0) is 197 Å². The second kappa shape index (κ2) is 45.1. The highest BCUT2D eigenvalue weighted by molar-refractivity contribution is 7.83. The summed E-state index contributed by atoms with van der Waals surface area (Å²) in [5.74, 6) is 1.87. The lowest BCUT2D eigenvalue weighted by Gasteiger charge is -2.20. The van der Waals surface area contributed by atoms with Crippen molar-refractivity contribution in [2.45, 2.75) is 273 Å².